The maximum Gasteiger partial charge on any atom is 0.207 e. The van der Waals surface area contributed by atoms with Crippen LogP contribution in [0.1, 0.15) is 48.4 Å². The van der Waals surface area contributed by atoms with Gasteiger partial charge in [-0.1, -0.05) is 22.0 Å². The van der Waals surface area contributed by atoms with Gasteiger partial charge < -0.3 is 4.90 Å². The van der Waals surface area contributed by atoms with Crippen LogP contribution < -0.4 is 4.90 Å². The molecular formula is C28H29BrN3+. The van der Waals surface area contributed by atoms with Crippen molar-refractivity contribution >= 4 is 44.8 Å². The first kappa shape index (κ1) is 21.2. The van der Waals surface area contributed by atoms with Gasteiger partial charge in [0.25, 0.3) is 0 Å². The zero-order valence-corrected chi connectivity index (χ0v) is 20.5. The van der Waals surface area contributed by atoms with Crippen molar-refractivity contribution < 1.29 is 4.58 Å². The maximum atomic E-state index is 7.47. The quantitative estimate of drug-likeness (QED) is 0.336. The summed E-state index contributed by atoms with van der Waals surface area (Å²) >= 11 is 3.45. The Bertz CT molecular complexity index is 1180. The van der Waals surface area contributed by atoms with E-state index in [1.807, 2.05) is 11.1 Å². The number of fused-ring (bicyclic) bond motifs is 1. The smallest absolute Gasteiger partial charge is 0.207 e. The summed E-state index contributed by atoms with van der Waals surface area (Å²) in [6.07, 6.45) is 12.5. The van der Waals surface area contributed by atoms with Crippen molar-refractivity contribution in [2.24, 2.45) is 0 Å². The van der Waals surface area contributed by atoms with Crippen LogP contribution in [0.4, 0.5) is 17.1 Å². The van der Waals surface area contributed by atoms with E-state index in [9.17, 15) is 0 Å². The summed E-state index contributed by atoms with van der Waals surface area (Å²) in [7, 11) is 2.15. The summed E-state index contributed by atoms with van der Waals surface area (Å²) in [6.45, 7) is 12.2. The van der Waals surface area contributed by atoms with Crippen molar-refractivity contribution in [3.8, 4) is 0 Å². The summed E-state index contributed by atoms with van der Waals surface area (Å²) in [5.41, 5.74) is 10.1. The van der Waals surface area contributed by atoms with Crippen molar-refractivity contribution in [3.63, 3.8) is 0 Å². The van der Waals surface area contributed by atoms with Gasteiger partial charge in [-0.3, -0.25) is 0 Å². The standard InChI is InChI=1S/C28H29BrN3/c1-28(13-6-14-29)24-19-23(30-2)10-11-25(24)31(3)26(28)12-9-20-17-21-7-4-15-32-16-5-8-22(18-20)27(21)32/h6,9-12,14,17-19H,4-5,7-8,13,15-16H2,1,3H3/q+1. The average Bonchev–Trinajstić information content (AvgIpc) is 3.02. The molecule has 5 rings (SSSR count). The van der Waals surface area contributed by atoms with Gasteiger partial charge in [-0.2, -0.15) is 4.58 Å². The molecule has 3 heterocycles. The third kappa shape index (κ3) is 3.44. The van der Waals surface area contributed by atoms with Gasteiger partial charge in [0.1, 0.15) is 7.05 Å². The molecular weight excluding hydrogens is 458 g/mol. The van der Waals surface area contributed by atoms with Gasteiger partial charge >= 0.3 is 0 Å². The van der Waals surface area contributed by atoms with Crippen LogP contribution in [-0.4, -0.2) is 30.4 Å². The molecule has 3 nitrogen and oxygen atoms in total. The molecule has 0 radical (unpaired) electrons. The number of aryl methyl sites for hydroxylation is 2. The Labute approximate surface area is 199 Å². The lowest BCUT2D eigenvalue weighted by Crippen LogP contribution is -2.34. The van der Waals surface area contributed by atoms with Crippen LogP contribution in [0.15, 0.2) is 47.5 Å². The number of anilines is 1. The topological polar surface area (TPSA) is 10.6 Å². The van der Waals surface area contributed by atoms with Crippen LogP contribution in [0.25, 0.3) is 10.9 Å². The summed E-state index contributed by atoms with van der Waals surface area (Å²) in [5.74, 6) is 0. The van der Waals surface area contributed by atoms with Gasteiger partial charge in [-0.05, 0) is 97.1 Å². The fourth-order valence-electron chi connectivity index (χ4n) is 5.86. The molecule has 0 fully saturated rings. The first-order chi connectivity index (χ1) is 15.5. The van der Waals surface area contributed by atoms with E-state index in [0.717, 1.165) is 6.42 Å². The van der Waals surface area contributed by atoms with Crippen molar-refractivity contribution in [1.29, 1.82) is 0 Å². The lowest BCUT2D eigenvalue weighted by Gasteiger charge is -2.37. The number of halogens is 1. The molecule has 4 heteroatoms. The average molecular weight is 487 g/mol. The summed E-state index contributed by atoms with van der Waals surface area (Å²) in [6, 6.07) is 10.9. The zero-order chi connectivity index (χ0) is 22.3. The molecule has 0 aromatic heterocycles. The van der Waals surface area contributed by atoms with Gasteiger partial charge in [0.15, 0.2) is 11.4 Å². The summed E-state index contributed by atoms with van der Waals surface area (Å²) < 4.78 is 2.30. The molecule has 0 saturated heterocycles. The first-order valence-electron chi connectivity index (χ1n) is 11.5. The molecule has 0 spiro atoms. The maximum absolute atomic E-state index is 7.47. The van der Waals surface area contributed by atoms with E-state index in [2.05, 4.69) is 86.7 Å². The van der Waals surface area contributed by atoms with Crippen LogP contribution in [-0.2, 0) is 18.3 Å². The third-order valence-corrected chi connectivity index (χ3v) is 7.77. The molecule has 0 bridgehead atoms. The van der Waals surface area contributed by atoms with Crippen molar-refractivity contribution in [3.05, 3.63) is 81.1 Å². The van der Waals surface area contributed by atoms with Crippen LogP contribution in [0.2, 0.25) is 0 Å². The molecule has 162 valence electrons. The van der Waals surface area contributed by atoms with Crippen LogP contribution in [0.3, 0.4) is 0 Å². The van der Waals surface area contributed by atoms with Crippen LogP contribution in [0, 0.1) is 6.57 Å². The molecule has 0 amide bonds. The molecule has 0 saturated carbocycles. The normalized spacial score (nSPS) is 21.9. The monoisotopic (exact) mass is 486 g/mol. The SMILES string of the molecule is [C-]#[N+]c1ccc2c(c1)C(C)(CC=CBr)C(C=Cc1cc3c4c(c1)CCCN4CCC3)=[N+]2C. The molecule has 1 unspecified atom stereocenters. The third-order valence-electron chi connectivity index (χ3n) is 7.40. The number of benzene rings is 2. The second kappa shape index (κ2) is 8.37. The van der Waals surface area contributed by atoms with Gasteiger partial charge in [-0.15, -0.1) is 0 Å². The Balaban J connectivity index is 1.56. The number of hydrogen-bond donors (Lipinski definition) is 0. The van der Waals surface area contributed by atoms with Crippen LogP contribution >= 0.6 is 15.9 Å². The van der Waals surface area contributed by atoms with E-state index in [1.165, 1.54) is 78.1 Å². The van der Waals surface area contributed by atoms with Crippen LogP contribution in [0.5, 0.6) is 0 Å². The van der Waals surface area contributed by atoms with Crippen molar-refractivity contribution in [2.75, 3.05) is 25.0 Å². The first-order valence-corrected chi connectivity index (χ1v) is 12.4. The fourth-order valence-corrected chi connectivity index (χ4v) is 6.05. The Hall–Kier alpha value is -2.64. The number of allylic oxidation sites excluding steroid dienone is 2. The summed E-state index contributed by atoms with van der Waals surface area (Å²) in [4.78, 5) is 8.22. The van der Waals surface area contributed by atoms with Gasteiger partial charge in [0.2, 0.25) is 5.69 Å². The lowest BCUT2D eigenvalue weighted by molar-refractivity contribution is -0.401. The molecule has 2 aromatic carbocycles. The Morgan fingerprint density at radius 2 is 1.84 bits per heavy atom. The van der Waals surface area contributed by atoms with E-state index < -0.39 is 0 Å². The number of hydrogen-bond acceptors (Lipinski definition) is 1. The van der Waals surface area contributed by atoms with Gasteiger partial charge in [0.05, 0.1) is 12.0 Å². The second-order valence-electron chi connectivity index (χ2n) is 9.37. The molecule has 0 N–H and O–H groups in total. The zero-order valence-electron chi connectivity index (χ0n) is 18.9. The van der Waals surface area contributed by atoms with E-state index in [-0.39, 0.29) is 5.41 Å². The molecule has 2 aromatic rings. The highest BCUT2D eigenvalue weighted by Gasteiger charge is 2.45. The highest BCUT2D eigenvalue weighted by atomic mass is 79.9. The lowest BCUT2D eigenvalue weighted by atomic mass is 9.76. The minimum atomic E-state index is -0.176. The molecule has 1 atom stereocenters. The predicted molar refractivity (Wildman–Crippen MR) is 138 cm³/mol. The fraction of sp³-hybridized carbons (Fsp3) is 0.357. The largest absolute Gasteiger partial charge is 0.371 e. The molecule has 3 aliphatic rings. The number of nitrogens with zero attached hydrogens (tertiary/aromatic N) is 3. The van der Waals surface area contributed by atoms with E-state index in [0.29, 0.717) is 5.69 Å². The van der Waals surface area contributed by atoms with Crippen molar-refractivity contribution in [2.45, 2.75) is 44.4 Å². The Morgan fingerprint density at radius 1 is 1.12 bits per heavy atom. The van der Waals surface area contributed by atoms with Crippen molar-refractivity contribution in [1.82, 2.24) is 0 Å². The Kier molecular flexibility index (Phi) is 5.55. The molecule has 32 heavy (non-hydrogen) atoms. The van der Waals surface area contributed by atoms with Gasteiger partial charge in [0, 0.05) is 30.4 Å². The highest BCUT2D eigenvalue weighted by Crippen LogP contribution is 2.44. The van der Waals surface area contributed by atoms with E-state index >= 15 is 0 Å². The second-order valence-corrected chi connectivity index (χ2v) is 9.90. The highest BCUT2D eigenvalue weighted by molar-refractivity contribution is 9.11. The Morgan fingerprint density at radius 3 is 2.50 bits per heavy atom. The van der Waals surface area contributed by atoms with E-state index in [1.54, 1.807) is 0 Å². The predicted octanol–water partition coefficient (Wildman–Crippen LogP) is 6.93. The number of rotatable bonds is 4. The molecule has 3 aliphatic heterocycles. The summed E-state index contributed by atoms with van der Waals surface area (Å²) in [5, 5.41) is 0. The van der Waals surface area contributed by atoms with Gasteiger partial charge in [-0.25, -0.2) is 4.85 Å². The van der Waals surface area contributed by atoms with E-state index in [4.69, 9.17) is 6.57 Å². The minimum Gasteiger partial charge on any atom is -0.371 e. The molecule has 0 aliphatic carbocycles. The minimum absolute atomic E-state index is 0.176.